The van der Waals surface area contributed by atoms with Crippen LogP contribution in [0.15, 0.2) is 24.3 Å². The summed E-state index contributed by atoms with van der Waals surface area (Å²) < 4.78 is 5.29. The largest absolute Gasteiger partial charge is 0.504 e. The van der Waals surface area contributed by atoms with E-state index < -0.39 is 5.97 Å². The predicted molar refractivity (Wildman–Crippen MR) is 87.7 cm³/mol. The normalized spacial score (nSPS) is 12.5. The quantitative estimate of drug-likeness (QED) is 0.307. The zero-order chi connectivity index (χ0) is 16.4. The van der Waals surface area contributed by atoms with Crippen LogP contribution in [-0.4, -0.2) is 22.3 Å². The van der Waals surface area contributed by atoms with E-state index in [1.807, 2.05) is 6.92 Å². The standard InChI is InChI=1S/C18H26O4/c1-3-4-5-6-7-8-14(2)22-18(21)12-10-15-9-11-16(19)17(20)13-15/h9-14,19-20H,3-8H2,1-2H3/b12-10+/t14-/m0/s1. The number of carbonyl (C=O) groups is 1. The van der Waals surface area contributed by atoms with E-state index in [0.29, 0.717) is 5.56 Å². The molecule has 122 valence electrons. The van der Waals surface area contributed by atoms with E-state index in [1.54, 1.807) is 12.1 Å². The topological polar surface area (TPSA) is 66.8 Å². The molecular weight excluding hydrogens is 280 g/mol. The van der Waals surface area contributed by atoms with Crippen molar-refractivity contribution < 1.29 is 19.7 Å². The zero-order valence-corrected chi connectivity index (χ0v) is 13.4. The van der Waals surface area contributed by atoms with Crippen LogP contribution >= 0.6 is 0 Å². The number of carbonyl (C=O) groups excluding carboxylic acids is 1. The molecule has 0 saturated carbocycles. The molecular formula is C18H26O4. The lowest BCUT2D eigenvalue weighted by Gasteiger charge is -2.11. The van der Waals surface area contributed by atoms with Gasteiger partial charge in [-0.3, -0.25) is 0 Å². The minimum atomic E-state index is -0.395. The molecule has 22 heavy (non-hydrogen) atoms. The monoisotopic (exact) mass is 306 g/mol. The molecule has 0 aliphatic carbocycles. The lowest BCUT2D eigenvalue weighted by Crippen LogP contribution is -2.12. The fraction of sp³-hybridized carbons (Fsp3) is 0.500. The van der Waals surface area contributed by atoms with Crippen molar-refractivity contribution >= 4 is 12.0 Å². The summed E-state index contributed by atoms with van der Waals surface area (Å²) in [4.78, 5) is 11.7. The lowest BCUT2D eigenvalue weighted by molar-refractivity contribution is -0.142. The van der Waals surface area contributed by atoms with Crippen molar-refractivity contribution in [1.29, 1.82) is 0 Å². The molecule has 2 N–H and O–H groups in total. The second kappa shape index (κ2) is 9.87. The molecule has 0 aromatic heterocycles. The van der Waals surface area contributed by atoms with Gasteiger partial charge in [-0.15, -0.1) is 0 Å². The van der Waals surface area contributed by atoms with Crippen LogP contribution in [0, 0.1) is 0 Å². The summed E-state index contributed by atoms with van der Waals surface area (Å²) in [5.74, 6) is -0.791. The fourth-order valence-corrected chi connectivity index (χ4v) is 2.14. The minimum Gasteiger partial charge on any atom is -0.504 e. The number of rotatable bonds is 9. The van der Waals surface area contributed by atoms with Crippen LogP contribution in [0.4, 0.5) is 0 Å². The summed E-state index contributed by atoms with van der Waals surface area (Å²) in [7, 11) is 0. The summed E-state index contributed by atoms with van der Waals surface area (Å²) in [5.41, 5.74) is 0.625. The van der Waals surface area contributed by atoms with Crippen LogP contribution in [0.5, 0.6) is 11.5 Å². The third kappa shape index (κ3) is 7.16. The lowest BCUT2D eigenvalue weighted by atomic mass is 10.1. The van der Waals surface area contributed by atoms with Gasteiger partial charge in [-0.2, -0.15) is 0 Å². The number of hydrogen-bond acceptors (Lipinski definition) is 4. The first-order chi connectivity index (χ1) is 10.5. The third-order valence-electron chi connectivity index (χ3n) is 3.44. The number of ether oxygens (including phenoxy) is 1. The van der Waals surface area contributed by atoms with Gasteiger partial charge in [0.2, 0.25) is 0 Å². The molecule has 1 aromatic rings. The van der Waals surface area contributed by atoms with Crippen LogP contribution in [0.1, 0.15) is 57.9 Å². The summed E-state index contributed by atoms with van der Waals surface area (Å²) >= 11 is 0. The Labute approximate surface area is 132 Å². The van der Waals surface area contributed by atoms with Gasteiger partial charge in [0.15, 0.2) is 11.5 Å². The maximum absolute atomic E-state index is 11.7. The van der Waals surface area contributed by atoms with E-state index in [-0.39, 0.29) is 17.6 Å². The summed E-state index contributed by atoms with van der Waals surface area (Å²) in [6.07, 6.45) is 9.65. The van der Waals surface area contributed by atoms with Crippen molar-refractivity contribution in [3.63, 3.8) is 0 Å². The van der Waals surface area contributed by atoms with Crippen LogP contribution < -0.4 is 0 Å². The molecule has 0 heterocycles. The molecule has 0 bridgehead atoms. The molecule has 1 rings (SSSR count). The van der Waals surface area contributed by atoms with E-state index in [4.69, 9.17) is 4.74 Å². The van der Waals surface area contributed by atoms with Crippen molar-refractivity contribution in [2.24, 2.45) is 0 Å². The van der Waals surface area contributed by atoms with Crippen molar-refractivity contribution in [2.75, 3.05) is 0 Å². The molecule has 0 radical (unpaired) electrons. The summed E-state index contributed by atoms with van der Waals surface area (Å²) in [6, 6.07) is 4.37. The molecule has 0 amide bonds. The molecule has 4 nitrogen and oxygen atoms in total. The molecule has 0 aliphatic rings. The maximum atomic E-state index is 11.7. The Morgan fingerprint density at radius 2 is 1.91 bits per heavy atom. The number of phenols is 2. The molecule has 4 heteroatoms. The summed E-state index contributed by atoms with van der Waals surface area (Å²) in [6.45, 7) is 4.09. The smallest absolute Gasteiger partial charge is 0.331 e. The SMILES string of the molecule is CCCCCCC[C@H](C)OC(=O)/C=C/c1ccc(O)c(O)c1. The number of phenolic OH excluding ortho intramolecular Hbond substituents is 2. The molecule has 0 unspecified atom stereocenters. The van der Waals surface area contributed by atoms with Gasteiger partial charge < -0.3 is 14.9 Å². The average molecular weight is 306 g/mol. The highest BCUT2D eigenvalue weighted by molar-refractivity contribution is 5.87. The van der Waals surface area contributed by atoms with E-state index in [2.05, 4.69) is 6.92 Å². The number of aromatic hydroxyl groups is 2. The highest BCUT2D eigenvalue weighted by Gasteiger charge is 2.06. The van der Waals surface area contributed by atoms with Gasteiger partial charge in [0.1, 0.15) is 0 Å². The highest BCUT2D eigenvalue weighted by Crippen LogP contribution is 2.25. The minimum absolute atomic E-state index is 0.0907. The van der Waals surface area contributed by atoms with Gasteiger partial charge in [-0.05, 0) is 43.5 Å². The molecule has 0 saturated heterocycles. The number of benzene rings is 1. The Morgan fingerprint density at radius 3 is 2.59 bits per heavy atom. The third-order valence-corrected chi connectivity index (χ3v) is 3.44. The molecule has 1 aromatic carbocycles. The van der Waals surface area contributed by atoms with Crippen molar-refractivity contribution in [3.05, 3.63) is 29.8 Å². The fourth-order valence-electron chi connectivity index (χ4n) is 2.14. The number of unbranched alkanes of at least 4 members (excludes halogenated alkanes) is 4. The Balaban J connectivity index is 2.32. The van der Waals surface area contributed by atoms with Crippen LogP contribution in [0.25, 0.3) is 6.08 Å². The van der Waals surface area contributed by atoms with E-state index in [9.17, 15) is 15.0 Å². The Morgan fingerprint density at radius 1 is 1.18 bits per heavy atom. The Hall–Kier alpha value is -1.97. The van der Waals surface area contributed by atoms with Crippen LogP contribution in [-0.2, 0) is 9.53 Å². The van der Waals surface area contributed by atoms with E-state index >= 15 is 0 Å². The van der Waals surface area contributed by atoms with Crippen LogP contribution in [0.2, 0.25) is 0 Å². The van der Waals surface area contributed by atoms with Crippen molar-refractivity contribution in [3.8, 4) is 11.5 Å². The highest BCUT2D eigenvalue weighted by atomic mass is 16.5. The van der Waals surface area contributed by atoms with Crippen molar-refractivity contribution in [2.45, 2.75) is 58.5 Å². The molecule has 1 atom stereocenters. The molecule has 0 aliphatic heterocycles. The van der Waals surface area contributed by atoms with Crippen LogP contribution in [0.3, 0.4) is 0 Å². The predicted octanol–water partition coefficient (Wildman–Crippen LogP) is 4.40. The molecule has 0 spiro atoms. The van der Waals surface area contributed by atoms with Gasteiger partial charge in [0, 0.05) is 6.08 Å². The first-order valence-corrected chi connectivity index (χ1v) is 7.93. The first-order valence-electron chi connectivity index (χ1n) is 7.93. The van der Waals surface area contributed by atoms with E-state index in [0.717, 1.165) is 12.8 Å². The van der Waals surface area contributed by atoms with Crippen molar-refractivity contribution in [1.82, 2.24) is 0 Å². The Kier molecular flexibility index (Phi) is 8.11. The van der Waals surface area contributed by atoms with Gasteiger partial charge in [0.05, 0.1) is 6.10 Å². The zero-order valence-electron chi connectivity index (χ0n) is 13.4. The van der Waals surface area contributed by atoms with Gasteiger partial charge >= 0.3 is 5.97 Å². The number of esters is 1. The molecule has 0 fully saturated rings. The average Bonchev–Trinajstić information content (AvgIpc) is 2.48. The number of hydrogen-bond donors (Lipinski definition) is 2. The second-order valence-electron chi connectivity index (χ2n) is 5.53. The maximum Gasteiger partial charge on any atom is 0.331 e. The second-order valence-corrected chi connectivity index (χ2v) is 5.53. The van der Waals surface area contributed by atoms with E-state index in [1.165, 1.54) is 43.9 Å². The van der Waals surface area contributed by atoms with Gasteiger partial charge in [0.25, 0.3) is 0 Å². The van der Waals surface area contributed by atoms with Gasteiger partial charge in [-0.25, -0.2) is 4.79 Å². The van der Waals surface area contributed by atoms with Gasteiger partial charge in [-0.1, -0.05) is 38.7 Å². The first kappa shape index (κ1) is 18.1. The Bertz CT molecular complexity index is 494. The summed E-state index contributed by atoms with van der Waals surface area (Å²) in [5, 5.41) is 18.6.